The maximum Gasteiger partial charge on any atom is 0.341 e. The van der Waals surface area contributed by atoms with Crippen molar-refractivity contribution in [3.63, 3.8) is 0 Å². The highest BCUT2D eigenvalue weighted by Gasteiger charge is 2.26. The van der Waals surface area contributed by atoms with Crippen LogP contribution >= 0.6 is 11.3 Å². The van der Waals surface area contributed by atoms with Gasteiger partial charge in [0.15, 0.2) is 0 Å². The molecule has 0 saturated carbocycles. The van der Waals surface area contributed by atoms with E-state index in [1.54, 1.807) is 13.8 Å². The van der Waals surface area contributed by atoms with E-state index in [4.69, 9.17) is 4.74 Å². The van der Waals surface area contributed by atoms with E-state index in [2.05, 4.69) is 61.0 Å². The summed E-state index contributed by atoms with van der Waals surface area (Å²) >= 11 is 1.07. The summed E-state index contributed by atoms with van der Waals surface area (Å²) in [7, 11) is 1.52. The predicted octanol–water partition coefficient (Wildman–Crippen LogP) is 4.08. The minimum absolute atomic E-state index is 0.00249. The molecule has 174 valence electrons. The molecule has 7 nitrogen and oxygen atoms in total. The van der Waals surface area contributed by atoms with Gasteiger partial charge in [0, 0.05) is 13.1 Å². The van der Waals surface area contributed by atoms with Gasteiger partial charge < -0.3 is 20.7 Å². The Hall–Kier alpha value is -2.71. The molecule has 0 radical (unpaired) electrons. The number of nitrogens with one attached hydrogen (secondary N) is 3. The van der Waals surface area contributed by atoms with E-state index >= 15 is 0 Å². The molecule has 1 atom stereocenters. The van der Waals surface area contributed by atoms with Gasteiger partial charge in [0.25, 0.3) is 5.91 Å². The van der Waals surface area contributed by atoms with Gasteiger partial charge in [-0.25, -0.2) is 4.79 Å². The third-order valence-corrected chi connectivity index (χ3v) is 6.41. The van der Waals surface area contributed by atoms with Crippen LogP contribution in [0.15, 0.2) is 24.3 Å². The first kappa shape index (κ1) is 25.5. The van der Waals surface area contributed by atoms with Crippen LogP contribution < -0.4 is 16.0 Å². The first-order valence-electron chi connectivity index (χ1n) is 10.9. The van der Waals surface area contributed by atoms with Crippen LogP contribution in [0.2, 0.25) is 0 Å². The number of carbonyl (C=O) groups is 3. The van der Waals surface area contributed by atoms with Crippen molar-refractivity contribution in [3.05, 3.63) is 51.4 Å². The van der Waals surface area contributed by atoms with E-state index in [1.165, 1.54) is 12.6 Å². The number of ether oxygens (including phenoxy) is 1. The molecule has 32 heavy (non-hydrogen) atoms. The Morgan fingerprint density at radius 3 is 2.28 bits per heavy atom. The third-order valence-electron chi connectivity index (χ3n) is 5.21. The zero-order chi connectivity index (χ0) is 23.8. The molecule has 2 aromatic rings. The number of amides is 2. The van der Waals surface area contributed by atoms with E-state index in [0.717, 1.165) is 23.3 Å². The summed E-state index contributed by atoms with van der Waals surface area (Å²) in [6, 6.07) is 8.39. The summed E-state index contributed by atoms with van der Waals surface area (Å²) in [6.45, 7) is 9.96. The summed E-state index contributed by atoms with van der Waals surface area (Å²) in [5, 5.41) is 8.99. The molecule has 2 rings (SSSR count). The van der Waals surface area contributed by atoms with Gasteiger partial charge >= 0.3 is 5.97 Å². The van der Waals surface area contributed by atoms with Crippen molar-refractivity contribution in [2.24, 2.45) is 5.92 Å². The lowest BCUT2D eigenvalue weighted by atomic mass is 9.95. The van der Waals surface area contributed by atoms with Gasteiger partial charge in [-0.3, -0.25) is 9.59 Å². The summed E-state index contributed by atoms with van der Waals surface area (Å²) in [6.07, 6.45) is 0.976. The smallest absolute Gasteiger partial charge is 0.341 e. The first-order chi connectivity index (χ1) is 15.2. The fourth-order valence-electron chi connectivity index (χ4n) is 3.45. The number of aryl methyl sites for hydroxylation is 1. The second kappa shape index (κ2) is 11.8. The lowest BCUT2D eigenvalue weighted by Crippen LogP contribution is -2.33. The third kappa shape index (κ3) is 6.17. The Kier molecular flexibility index (Phi) is 9.41. The summed E-state index contributed by atoms with van der Waals surface area (Å²) < 4.78 is 5.13. The van der Waals surface area contributed by atoms with Gasteiger partial charge in [-0.1, -0.05) is 45.0 Å². The average molecular weight is 460 g/mol. The number of benzene rings is 1. The maximum absolute atomic E-state index is 12.7. The molecule has 0 aliphatic heterocycles. The Morgan fingerprint density at radius 2 is 1.75 bits per heavy atom. The van der Waals surface area contributed by atoms with Gasteiger partial charge in [-0.15, -0.1) is 11.3 Å². The molecule has 3 N–H and O–H groups in total. The number of hydrogen-bond acceptors (Lipinski definition) is 6. The fraction of sp³-hybridized carbons (Fsp3) is 0.458. The van der Waals surface area contributed by atoms with E-state index < -0.39 is 5.97 Å². The van der Waals surface area contributed by atoms with Gasteiger partial charge in [-0.05, 0) is 42.9 Å². The summed E-state index contributed by atoms with van der Waals surface area (Å²) in [5.41, 5.74) is 3.10. The van der Waals surface area contributed by atoms with Gasteiger partial charge in [0.1, 0.15) is 5.00 Å². The monoisotopic (exact) mass is 459 g/mol. The van der Waals surface area contributed by atoms with Crippen LogP contribution in [-0.2, 0) is 16.0 Å². The Balaban J connectivity index is 2.18. The molecular weight excluding hydrogens is 426 g/mol. The molecule has 1 heterocycles. The standard InChI is InChI=1S/C24H33N3O4S/c1-7-16-9-11-17(12-10-16)20(14(3)4)26-13-18(28)27-23-19(24(30)31-8-2)15(5)21(32-23)22(29)25-6/h9-12,14,20,26H,7-8,13H2,1-6H3,(H,25,29)(H,27,28)/t20-/m0/s1. The molecule has 1 aromatic carbocycles. The van der Waals surface area contributed by atoms with Crippen LogP contribution in [0.3, 0.4) is 0 Å². The van der Waals surface area contributed by atoms with Gasteiger partial charge in [-0.2, -0.15) is 0 Å². The van der Waals surface area contributed by atoms with E-state index in [1.807, 2.05) is 0 Å². The molecule has 0 aliphatic carbocycles. The Labute approximate surface area is 193 Å². The quantitative estimate of drug-likeness (QED) is 0.465. The van der Waals surface area contributed by atoms with Crippen LogP contribution in [0, 0.1) is 12.8 Å². The number of carbonyl (C=O) groups excluding carboxylic acids is 3. The Bertz CT molecular complexity index is 951. The van der Waals surface area contributed by atoms with Crippen LogP contribution in [0.5, 0.6) is 0 Å². The fourth-order valence-corrected chi connectivity index (χ4v) is 4.61. The van der Waals surface area contributed by atoms with Gasteiger partial charge in [0.05, 0.1) is 23.6 Å². The highest BCUT2D eigenvalue weighted by Crippen LogP contribution is 2.33. The van der Waals surface area contributed by atoms with Crippen molar-refractivity contribution in [3.8, 4) is 0 Å². The highest BCUT2D eigenvalue weighted by molar-refractivity contribution is 7.18. The second-order valence-electron chi connectivity index (χ2n) is 7.81. The predicted molar refractivity (Wildman–Crippen MR) is 128 cm³/mol. The summed E-state index contributed by atoms with van der Waals surface area (Å²) in [4.78, 5) is 37.8. The maximum atomic E-state index is 12.7. The van der Waals surface area contributed by atoms with Crippen LogP contribution in [0.4, 0.5) is 5.00 Å². The largest absolute Gasteiger partial charge is 0.462 e. The van der Waals surface area contributed by atoms with Crippen molar-refractivity contribution >= 4 is 34.1 Å². The Morgan fingerprint density at radius 1 is 1.09 bits per heavy atom. The SMILES string of the molecule is CCOC(=O)c1c(NC(=O)CN[C@H](c2ccc(CC)cc2)C(C)C)sc(C(=O)NC)c1C. The topological polar surface area (TPSA) is 96.5 Å². The van der Waals surface area contributed by atoms with Gasteiger partial charge in [0.2, 0.25) is 5.91 Å². The molecule has 1 aromatic heterocycles. The zero-order valence-electron chi connectivity index (χ0n) is 19.6. The summed E-state index contributed by atoms with van der Waals surface area (Å²) in [5.74, 6) is -0.895. The van der Waals surface area contributed by atoms with Crippen LogP contribution in [0.1, 0.15) is 70.5 Å². The number of anilines is 1. The van der Waals surface area contributed by atoms with Crippen molar-refractivity contribution in [1.82, 2.24) is 10.6 Å². The van der Waals surface area contributed by atoms with Crippen molar-refractivity contribution in [2.75, 3.05) is 25.5 Å². The molecule has 0 aliphatic rings. The number of thiophene rings is 1. The molecule has 0 spiro atoms. The normalized spacial score (nSPS) is 11.8. The van der Waals surface area contributed by atoms with E-state index in [9.17, 15) is 14.4 Å². The molecule has 0 saturated heterocycles. The molecule has 0 fully saturated rings. The van der Waals surface area contributed by atoms with Crippen molar-refractivity contribution in [1.29, 1.82) is 0 Å². The molecule has 2 amide bonds. The highest BCUT2D eigenvalue weighted by atomic mass is 32.1. The van der Waals surface area contributed by atoms with Crippen LogP contribution in [-0.4, -0.2) is 38.0 Å². The molecular formula is C24H33N3O4S. The lowest BCUT2D eigenvalue weighted by Gasteiger charge is -2.23. The second-order valence-corrected chi connectivity index (χ2v) is 8.83. The van der Waals surface area contributed by atoms with Crippen molar-refractivity contribution < 1.29 is 19.1 Å². The minimum Gasteiger partial charge on any atom is -0.462 e. The first-order valence-corrected chi connectivity index (χ1v) is 11.7. The zero-order valence-corrected chi connectivity index (χ0v) is 20.4. The van der Waals surface area contributed by atoms with E-state index in [-0.39, 0.29) is 42.5 Å². The number of rotatable bonds is 10. The lowest BCUT2D eigenvalue weighted by molar-refractivity contribution is -0.115. The molecule has 0 unspecified atom stereocenters. The molecule has 0 bridgehead atoms. The van der Waals surface area contributed by atoms with Crippen molar-refractivity contribution in [2.45, 2.75) is 47.1 Å². The number of hydrogen-bond donors (Lipinski definition) is 3. The minimum atomic E-state index is -0.560. The number of esters is 1. The average Bonchev–Trinajstić information content (AvgIpc) is 3.09. The van der Waals surface area contributed by atoms with Crippen LogP contribution in [0.25, 0.3) is 0 Å². The molecule has 8 heteroatoms. The van der Waals surface area contributed by atoms with E-state index in [0.29, 0.717) is 15.4 Å².